The van der Waals surface area contributed by atoms with Crippen LogP contribution >= 0.6 is 23.4 Å². The topological polar surface area (TPSA) is 65.1 Å². The molecule has 3 aromatic carbocycles. The second-order valence-electron chi connectivity index (χ2n) is 7.85. The maximum absolute atomic E-state index is 12.9. The molecule has 6 nitrogen and oxygen atoms in total. The van der Waals surface area contributed by atoms with E-state index in [4.69, 9.17) is 25.8 Å². The van der Waals surface area contributed by atoms with E-state index in [2.05, 4.69) is 13.0 Å². The van der Waals surface area contributed by atoms with Crippen LogP contribution in [0.25, 0.3) is 6.08 Å². The maximum atomic E-state index is 12.9. The summed E-state index contributed by atoms with van der Waals surface area (Å²) >= 11 is 7.23. The summed E-state index contributed by atoms with van der Waals surface area (Å²) in [5.74, 6) is 1.47. The highest BCUT2D eigenvalue weighted by atomic mass is 35.5. The second kappa shape index (κ2) is 9.44. The number of rotatable bonds is 6. The molecule has 172 valence electrons. The van der Waals surface area contributed by atoms with E-state index in [-0.39, 0.29) is 24.5 Å². The van der Waals surface area contributed by atoms with E-state index in [0.717, 1.165) is 28.6 Å². The highest BCUT2D eigenvalue weighted by Gasteiger charge is 2.35. The lowest BCUT2D eigenvalue weighted by Gasteiger charge is -2.14. The number of amides is 2. The van der Waals surface area contributed by atoms with Crippen molar-refractivity contribution < 1.29 is 23.8 Å². The first kappa shape index (κ1) is 22.4. The number of fused-ring (bicyclic) bond motifs is 1. The number of nitrogens with zero attached hydrogens (tertiary/aromatic N) is 1. The molecule has 34 heavy (non-hydrogen) atoms. The van der Waals surface area contributed by atoms with E-state index in [9.17, 15) is 9.59 Å². The van der Waals surface area contributed by atoms with Crippen molar-refractivity contribution in [3.8, 4) is 17.2 Å². The summed E-state index contributed by atoms with van der Waals surface area (Å²) in [6.45, 7) is 2.71. The average Bonchev–Trinajstić information content (AvgIpc) is 3.38. The minimum Gasteiger partial charge on any atom is -0.489 e. The molecule has 0 spiro atoms. The van der Waals surface area contributed by atoms with Crippen molar-refractivity contribution >= 4 is 40.6 Å². The third-order valence-corrected chi connectivity index (χ3v) is 6.84. The van der Waals surface area contributed by atoms with Gasteiger partial charge < -0.3 is 14.2 Å². The molecule has 1 saturated heterocycles. The standard InChI is InChI=1S/C26H20ClNO5S/c1-16-4-2-3-5-18(16)14-31-20-8-6-17(7-9-20)10-24-25(29)28(26(30)34-24)13-19-11-22-23(12-21(19)27)33-15-32-22/h2-12H,13-15H2,1H3/b24-10-. The summed E-state index contributed by atoms with van der Waals surface area (Å²) in [5.41, 5.74) is 3.72. The Hall–Kier alpha value is -3.42. The SMILES string of the molecule is Cc1ccccc1COc1ccc(/C=C2\SC(=O)N(Cc3cc4c(cc3Cl)OCO4)C2=O)cc1. The number of halogens is 1. The van der Waals surface area contributed by atoms with Gasteiger partial charge in [-0.05, 0) is 65.2 Å². The summed E-state index contributed by atoms with van der Waals surface area (Å²) in [4.78, 5) is 27.0. The number of imide groups is 1. The van der Waals surface area contributed by atoms with Crippen LogP contribution in [0.5, 0.6) is 17.2 Å². The molecule has 0 aliphatic carbocycles. The molecule has 2 aliphatic heterocycles. The van der Waals surface area contributed by atoms with Gasteiger partial charge in [0.15, 0.2) is 11.5 Å². The van der Waals surface area contributed by atoms with Gasteiger partial charge in [0, 0.05) is 11.1 Å². The number of carbonyl (C=O) groups is 2. The molecule has 0 saturated carbocycles. The highest BCUT2D eigenvalue weighted by molar-refractivity contribution is 8.18. The van der Waals surface area contributed by atoms with Crippen LogP contribution in [0, 0.1) is 6.92 Å². The van der Waals surface area contributed by atoms with Gasteiger partial charge >= 0.3 is 0 Å². The molecule has 0 bridgehead atoms. The van der Waals surface area contributed by atoms with Gasteiger partial charge in [0.2, 0.25) is 6.79 Å². The lowest BCUT2D eigenvalue weighted by molar-refractivity contribution is -0.123. The zero-order valence-electron chi connectivity index (χ0n) is 18.2. The highest BCUT2D eigenvalue weighted by Crippen LogP contribution is 2.39. The van der Waals surface area contributed by atoms with Crippen molar-refractivity contribution in [3.05, 3.63) is 92.8 Å². The number of carbonyl (C=O) groups excluding carboxylic acids is 2. The van der Waals surface area contributed by atoms with E-state index >= 15 is 0 Å². The normalized spacial score (nSPS) is 15.9. The molecule has 0 unspecified atom stereocenters. The Morgan fingerprint density at radius 1 is 1.03 bits per heavy atom. The van der Waals surface area contributed by atoms with Gasteiger partial charge in [0.05, 0.1) is 11.4 Å². The first-order valence-electron chi connectivity index (χ1n) is 10.6. The molecule has 0 aromatic heterocycles. The Balaban J connectivity index is 1.26. The van der Waals surface area contributed by atoms with Crippen molar-refractivity contribution in [1.82, 2.24) is 4.90 Å². The number of ether oxygens (including phenoxy) is 3. The Bertz CT molecular complexity index is 1310. The van der Waals surface area contributed by atoms with E-state index in [1.165, 1.54) is 10.5 Å². The first-order valence-corrected chi connectivity index (χ1v) is 11.8. The van der Waals surface area contributed by atoms with Crippen LogP contribution in [-0.4, -0.2) is 22.8 Å². The minimum absolute atomic E-state index is 0.0587. The van der Waals surface area contributed by atoms with Gasteiger partial charge in [0.1, 0.15) is 12.4 Å². The summed E-state index contributed by atoms with van der Waals surface area (Å²) in [6.07, 6.45) is 1.71. The Kier molecular flexibility index (Phi) is 6.22. The number of benzene rings is 3. The molecule has 8 heteroatoms. The van der Waals surface area contributed by atoms with E-state index in [0.29, 0.717) is 33.6 Å². The van der Waals surface area contributed by atoms with Crippen molar-refractivity contribution in [2.24, 2.45) is 0 Å². The third-order valence-electron chi connectivity index (χ3n) is 5.58. The van der Waals surface area contributed by atoms with Crippen LogP contribution in [0.2, 0.25) is 5.02 Å². The summed E-state index contributed by atoms with van der Waals surface area (Å²) in [6, 6.07) is 18.8. The monoisotopic (exact) mass is 493 g/mol. The fourth-order valence-corrected chi connectivity index (χ4v) is 4.68. The van der Waals surface area contributed by atoms with Gasteiger partial charge in [-0.25, -0.2) is 0 Å². The summed E-state index contributed by atoms with van der Waals surface area (Å²) in [5, 5.41) is 0.0664. The van der Waals surface area contributed by atoms with Crippen LogP contribution in [0.4, 0.5) is 4.79 Å². The fourth-order valence-electron chi connectivity index (χ4n) is 3.63. The molecular weight excluding hydrogens is 474 g/mol. The molecular formula is C26H20ClNO5S. The predicted molar refractivity (Wildman–Crippen MR) is 131 cm³/mol. The zero-order chi connectivity index (χ0) is 23.7. The molecule has 0 atom stereocenters. The quantitative estimate of drug-likeness (QED) is 0.381. The lowest BCUT2D eigenvalue weighted by Crippen LogP contribution is -2.27. The zero-order valence-corrected chi connectivity index (χ0v) is 19.8. The van der Waals surface area contributed by atoms with Crippen molar-refractivity contribution in [1.29, 1.82) is 0 Å². The molecule has 0 radical (unpaired) electrons. The Labute approximate surface area is 206 Å². The van der Waals surface area contributed by atoms with E-state index in [1.54, 1.807) is 18.2 Å². The molecule has 0 N–H and O–H groups in total. The van der Waals surface area contributed by atoms with Crippen molar-refractivity contribution in [2.75, 3.05) is 6.79 Å². The number of aryl methyl sites for hydroxylation is 1. The Morgan fingerprint density at radius 3 is 2.53 bits per heavy atom. The van der Waals surface area contributed by atoms with Crippen LogP contribution in [0.1, 0.15) is 22.3 Å². The van der Waals surface area contributed by atoms with Gasteiger partial charge in [-0.3, -0.25) is 14.5 Å². The van der Waals surface area contributed by atoms with E-state index in [1.807, 2.05) is 42.5 Å². The van der Waals surface area contributed by atoms with Gasteiger partial charge in [-0.15, -0.1) is 0 Å². The fraction of sp³-hybridized carbons (Fsp3) is 0.154. The van der Waals surface area contributed by atoms with Gasteiger partial charge in [-0.2, -0.15) is 0 Å². The summed E-state index contributed by atoms with van der Waals surface area (Å²) < 4.78 is 16.6. The van der Waals surface area contributed by atoms with Crippen molar-refractivity contribution in [2.45, 2.75) is 20.1 Å². The van der Waals surface area contributed by atoms with Crippen molar-refractivity contribution in [3.63, 3.8) is 0 Å². The lowest BCUT2D eigenvalue weighted by atomic mass is 10.1. The molecule has 5 rings (SSSR count). The second-order valence-corrected chi connectivity index (χ2v) is 9.25. The number of hydrogen-bond acceptors (Lipinski definition) is 6. The minimum atomic E-state index is -0.358. The smallest absolute Gasteiger partial charge is 0.293 e. The van der Waals surface area contributed by atoms with Gasteiger partial charge in [0.25, 0.3) is 11.1 Å². The largest absolute Gasteiger partial charge is 0.489 e. The predicted octanol–water partition coefficient (Wildman–Crippen LogP) is 6.19. The number of hydrogen-bond donors (Lipinski definition) is 0. The van der Waals surface area contributed by atoms with Crippen LogP contribution < -0.4 is 14.2 Å². The third kappa shape index (κ3) is 4.62. The van der Waals surface area contributed by atoms with Crippen LogP contribution in [0.15, 0.2) is 65.6 Å². The van der Waals surface area contributed by atoms with Crippen LogP contribution in [-0.2, 0) is 17.9 Å². The average molecular weight is 494 g/mol. The number of thioether (sulfide) groups is 1. The first-order chi connectivity index (χ1) is 16.5. The molecule has 2 heterocycles. The molecule has 2 amide bonds. The Morgan fingerprint density at radius 2 is 1.76 bits per heavy atom. The molecule has 2 aliphatic rings. The summed E-state index contributed by atoms with van der Waals surface area (Å²) in [7, 11) is 0. The molecule has 3 aromatic rings. The van der Waals surface area contributed by atoms with Gasteiger partial charge in [-0.1, -0.05) is 48.0 Å². The van der Waals surface area contributed by atoms with E-state index < -0.39 is 0 Å². The van der Waals surface area contributed by atoms with Crippen LogP contribution in [0.3, 0.4) is 0 Å². The molecule has 1 fully saturated rings. The maximum Gasteiger partial charge on any atom is 0.293 e.